The minimum Gasteiger partial charge on any atom is -0.285 e. The molecule has 1 fully saturated rings. The van der Waals surface area contributed by atoms with Crippen molar-refractivity contribution in [2.75, 3.05) is 13.1 Å². The molecule has 110 valence electrons. The highest BCUT2D eigenvalue weighted by Gasteiger charge is 2.37. The number of carbonyl (C=O) groups is 2. The zero-order valence-corrected chi connectivity index (χ0v) is 13.2. The zero-order chi connectivity index (χ0) is 15.6. The van der Waals surface area contributed by atoms with E-state index >= 15 is 0 Å². The number of hydrogen-bond donors (Lipinski definition) is 0. The first kappa shape index (κ1) is 15.4. The van der Waals surface area contributed by atoms with Crippen molar-refractivity contribution in [1.82, 2.24) is 9.80 Å². The van der Waals surface area contributed by atoms with E-state index in [-0.39, 0.29) is 22.5 Å². The summed E-state index contributed by atoms with van der Waals surface area (Å²) in [4.78, 5) is 27.9. The molecule has 2 rings (SSSR count). The lowest BCUT2D eigenvalue weighted by atomic mass is 10.0. The maximum Gasteiger partial charge on any atom is 0.265 e. The largest absolute Gasteiger partial charge is 0.285 e. The molecular weight excluding hydrogens is 284 g/mol. The number of aryl methyl sites for hydroxylation is 1. The fourth-order valence-electron chi connectivity index (χ4n) is 2.29. The van der Waals surface area contributed by atoms with Crippen LogP contribution < -0.4 is 0 Å². The van der Waals surface area contributed by atoms with Crippen LogP contribution in [0, 0.1) is 6.92 Å². The van der Waals surface area contributed by atoms with Gasteiger partial charge in [-0.05, 0) is 50.2 Å². The van der Waals surface area contributed by atoms with Crippen LogP contribution in [0.25, 0.3) is 6.08 Å². The summed E-state index contributed by atoms with van der Waals surface area (Å²) in [7, 11) is 0. The Morgan fingerprint density at radius 3 is 2.05 bits per heavy atom. The molecule has 1 aliphatic rings. The fraction of sp³-hybridized carbons (Fsp3) is 0.312. The van der Waals surface area contributed by atoms with Crippen LogP contribution in [-0.2, 0) is 9.59 Å². The van der Waals surface area contributed by atoms with Crippen molar-refractivity contribution in [3.63, 3.8) is 0 Å². The van der Waals surface area contributed by atoms with Crippen LogP contribution in [0.1, 0.15) is 25.0 Å². The lowest BCUT2D eigenvalue weighted by Crippen LogP contribution is -2.55. The Morgan fingerprint density at radius 2 is 1.57 bits per heavy atom. The Hall–Kier alpha value is -2.01. The zero-order valence-electron chi connectivity index (χ0n) is 12.4. The molecule has 0 saturated carbocycles. The molecule has 0 unspecified atom stereocenters. The smallest absolute Gasteiger partial charge is 0.265 e. The van der Waals surface area contributed by atoms with Crippen LogP contribution >= 0.6 is 12.2 Å². The molecule has 1 aromatic rings. The third kappa shape index (κ3) is 2.74. The van der Waals surface area contributed by atoms with Gasteiger partial charge in [0.2, 0.25) is 0 Å². The van der Waals surface area contributed by atoms with E-state index in [1.165, 1.54) is 9.80 Å². The number of thiocarbonyl (C=S) groups is 1. The van der Waals surface area contributed by atoms with E-state index in [4.69, 9.17) is 12.2 Å². The van der Waals surface area contributed by atoms with Gasteiger partial charge in [0.05, 0.1) is 0 Å². The van der Waals surface area contributed by atoms with Gasteiger partial charge >= 0.3 is 0 Å². The van der Waals surface area contributed by atoms with Gasteiger partial charge in [-0.25, -0.2) is 0 Å². The Balaban J connectivity index is 2.50. The third-order valence-electron chi connectivity index (χ3n) is 3.53. The molecule has 0 aromatic heterocycles. The molecule has 0 N–H and O–H groups in total. The molecule has 0 bridgehead atoms. The highest BCUT2D eigenvalue weighted by atomic mass is 32.1. The normalized spacial score (nSPS) is 15.8. The van der Waals surface area contributed by atoms with Gasteiger partial charge in [-0.1, -0.05) is 24.3 Å². The van der Waals surface area contributed by atoms with Crippen LogP contribution in [0.3, 0.4) is 0 Å². The van der Waals surface area contributed by atoms with Crippen molar-refractivity contribution < 1.29 is 9.59 Å². The van der Waals surface area contributed by atoms with Crippen molar-refractivity contribution in [3.8, 4) is 0 Å². The van der Waals surface area contributed by atoms with E-state index < -0.39 is 0 Å². The number of benzene rings is 1. The predicted molar refractivity (Wildman–Crippen MR) is 86.5 cm³/mol. The fourth-order valence-corrected chi connectivity index (χ4v) is 2.71. The van der Waals surface area contributed by atoms with Gasteiger partial charge in [0.25, 0.3) is 11.8 Å². The lowest BCUT2D eigenvalue weighted by molar-refractivity contribution is -0.133. The molecule has 5 heteroatoms. The molecule has 1 heterocycles. The summed E-state index contributed by atoms with van der Waals surface area (Å²) in [5, 5.41) is 0.289. The molecule has 1 aliphatic heterocycles. The van der Waals surface area contributed by atoms with Gasteiger partial charge in [-0.2, -0.15) is 0 Å². The average molecular weight is 302 g/mol. The van der Waals surface area contributed by atoms with E-state index in [1.54, 1.807) is 6.08 Å². The van der Waals surface area contributed by atoms with Crippen molar-refractivity contribution in [3.05, 3.63) is 41.0 Å². The quantitative estimate of drug-likeness (QED) is 0.489. The summed E-state index contributed by atoms with van der Waals surface area (Å²) in [5.74, 6) is -0.638. The topological polar surface area (TPSA) is 40.6 Å². The lowest BCUT2D eigenvalue weighted by Gasteiger charge is -2.35. The Morgan fingerprint density at radius 1 is 1.05 bits per heavy atom. The third-order valence-corrected chi connectivity index (χ3v) is 3.97. The van der Waals surface area contributed by atoms with Gasteiger partial charge in [0.15, 0.2) is 5.11 Å². The van der Waals surface area contributed by atoms with Gasteiger partial charge in [-0.15, -0.1) is 0 Å². The molecule has 0 radical (unpaired) electrons. The number of amides is 2. The van der Waals surface area contributed by atoms with E-state index in [1.807, 2.05) is 45.0 Å². The molecule has 0 aliphatic carbocycles. The molecule has 0 spiro atoms. The second-order valence-electron chi connectivity index (χ2n) is 4.80. The average Bonchev–Trinajstić information content (AvgIpc) is 2.46. The molecule has 0 atom stereocenters. The molecule has 1 saturated heterocycles. The second-order valence-corrected chi connectivity index (χ2v) is 5.16. The van der Waals surface area contributed by atoms with E-state index in [0.717, 1.165) is 11.1 Å². The molecule has 2 amide bonds. The van der Waals surface area contributed by atoms with Crippen LogP contribution in [0.2, 0.25) is 0 Å². The summed E-state index contributed by atoms with van der Waals surface area (Å²) < 4.78 is 0. The number of carbonyl (C=O) groups excluding carboxylic acids is 2. The monoisotopic (exact) mass is 302 g/mol. The Kier molecular flexibility index (Phi) is 4.53. The highest BCUT2D eigenvalue weighted by molar-refractivity contribution is 7.80. The van der Waals surface area contributed by atoms with Gasteiger partial charge in [0.1, 0.15) is 5.57 Å². The minimum atomic E-state index is -0.319. The predicted octanol–water partition coefficient (Wildman–Crippen LogP) is 2.37. The summed E-state index contributed by atoms with van der Waals surface area (Å²) in [6.07, 6.45) is 1.66. The van der Waals surface area contributed by atoms with E-state index in [0.29, 0.717) is 13.1 Å². The maximum atomic E-state index is 12.5. The first-order valence-corrected chi connectivity index (χ1v) is 7.37. The van der Waals surface area contributed by atoms with Gasteiger partial charge in [-0.3, -0.25) is 19.4 Å². The van der Waals surface area contributed by atoms with Crippen molar-refractivity contribution in [2.24, 2.45) is 0 Å². The van der Waals surface area contributed by atoms with Crippen molar-refractivity contribution >= 4 is 35.2 Å². The highest BCUT2D eigenvalue weighted by Crippen LogP contribution is 2.21. The van der Waals surface area contributed by atoms with Crippen LogP contribution in [0.15, 0.2) is 29.8 Å². The second kappa shape index (κ2) is 6.18. The standard InChI is InChI=1S/C16H18N2O2S/c1-4-17-14(19)13(15(20)18(5-2)16(17)21)10-12-9-7-6-8-11(12)3/h6-10H,4-5H2,1-3H3. The number of hydrogen-bond acceptors (Lipinski definition) is 3. The molecule has 1 aromatic carbocycles. The summed E-state index contributed by atoms with van der Waals surface area (Å²) in [6, 6.07) is 7.65. The van der Waals surface area contributed by atoms with E-state index in [9.17, 15) is 9.59 Å². The van der Waals surface area contributed by atoms with Crippen LogP contribution in [0.4, 0.5) is 0 Å². The van der Waals surface area contributed by atoms with Crippen LogP contribution in [-0.4, -0.2) is 39.8 Å². The number of likely N-dealkylation sites (N-methyl/N-ethyl adjacent to an activating group) is 2. The van der Waals surface area contributed by atoms with Crippen molar-refractivity contribution in [1.29, 1.82) is 0 Å². The Bertz CT molecular complexity index is 609. The minimum absolute atomic E-state index is 0.168. The van der Waals surface area contributed by atoms with Crippen LogP contribution in [0.5, 0.6) is 0 Å². The van der Waals surface area contributed by atoms with Crippen molar-refractivity contribution in [2.45, 2.75) is 20.8 Å². The maximum absolute atomic E-state index is 12.5. The Labute approximate surface area is 130 Å². The van der Waals surface area contributed by atoms with Gasteiger partial charge in [0, 0.05) is 13.1 Å². The number of rotatable bonds is 3. The SMILES string of the molecule is CCN1C(=O)C(=Cc2ccccc2C)C(=O)N(CC)C1=S. The summed E-state index contributed by atoms with van der Waals surface area (Å²) >= 11 is 5.23. The summed E-state index contributed by atoms with van der Waals surface area (Å²) in [5.41, 5.74) is 2.06. The first-order valence-electron chi connectivity index (χ1n) is 6.96. The van der Waals surface area contributed by atoms with Gasteiger partial charge < -0.3 is 0 Å². The molecular formula is C16H18N2O2S. The summed E-state index contributed by atoms with van der Waals surface area (Å²) in [6.45, 7) is 6.54. The molecule has 21 heavy (non-hydrogen) atoms. The first-order chi connectivity index (χ1) is 10.0. The van der Waals surface area contributed by atoms with E-state index in [2.05, 4.69) is 0 Å². The number of nitrogens with zero attached hydrogens (tertiary/aromatic N) is 2. The molecule has 4 nitrogen and oxygen atoms in total.